The van der Waals surface area contributed by atoms with Crippen LogP contribution in [0.4, 0.5) is 0 Å². The third-order valence-electron chi connectivity index (χ3n) is 2.18. The molecule has 0 aromatic carbocycles. The van der Waals surface area contributed by atoms with Crippen LogP contribution in [0, 0.1) is 10.8 Å². The van der Waals surface area contributed by atoms with E-state index in [4.69, 9.17) is 0 Å². The van der Waals surface area contributed by atoms with Crippen LogP contribution in [-0.4, -0.2) is 9.55 Å². The Bertz CT molecular complexity index is 265. The minimum Gasteiger partial charge on any atom is -0.337 e. The van der Waals surface area contributed by atoms with E-state index in [9.17, 15) is 0 Å². The van der Waals surface area contributed by atoms with Gasteiger partial charge in [0.2, 0.25) is 0 Å². The predicted molar refractivity (Wildman–Crippen MR) is 60.1 cm³/mol. The summed E-state index contributed by atoms with van der Waals surface area (Å²) < 4.78 is 2.16. The van der Waals surface area contributed by atoms with Gasteiger partial charge < -0.3 is 4.57 Å². The molecule has 0 saturated carbocycles. The fraction of sp³-hybridized carbons (Fsp3) is 0.750. The molecule has 80 valence electrons. The van der Waals surface area contributed by atoms with Crippen LogP contribution in [0.2, 0.25) is 0 Å². The van der Waals surface area contributed by atoms with E-state index in [1.54, 1.807) is 0 Å². The largest absolute Gasteiger partial charge is 0.337 e. The molecule has 0 N–H and O–H groups in total. The lowest BCUT2D eigenvalue weighted by atomic mass is 9.76. The van der Waals surface area contributed by atoms with Crippen LogP contribution in [0.5, 0.6) is 0 Å². The van der Waals surface area contributed by atoms with Gasteiger partial charge in [0.1, 0.15) is 0 Å². The van der Waals surface area contributed by atoms with Crippen LogP contribution in [0.25, 0.3) is 0 Å². The summed E-state index contributed by atoms with van der Waals surface area (Å²) in [5.41, 5.74) is 0.725. The Morgan fingerprint density at radius 1 is 1.14 bits per heavy atom. The summed E-state index contributed by atoms with van der Waals surface area (Å²) >= 11 is 0. The zero-order chi connectivity index (χ0) is 10.8. The molecule has 0 amide bonds. The number of hydrogen-bond acceptors (Lipinski definition) is 1. The van der Waals surface area contributed by atoms with Crippen molar-refractivity contribution in [3.63, 3.8) is 0 Å². The Labute approximate surface area is 87.4 Å². The highest BCUT2D eigenvalue weighted by Gasteiger charge is 2.25. The number of rotatable bonds is 3. The molecule has 2 nitrogen and oxygen atoms in total. The molecule has 0 bridgehead atoms. The van der Waals surface area contributed by atoms with Gasteiger partial charge in [-0.25, -0.2) is 4.98 Å². The molecule has 0 aliphatic rings. The second-order valence-electron chi connectivity index (χ2n) is 6.14. The minimum atomic E-state index is 0.332. The molecule has 14 heavy (non-hydrogen) atoms. The zero-order valence-electron chi connectivity index (χ0n) is 10.0. The molecule has 0 unspecified atom stereocenters. The Morgan fingerprint density at radius 2 is 1.79 bits per heavy atom. The third-order valence-corrected chi connectivity index (χ3v) is 2.18. The number of hydrogen-bond donors (Lipinski definition) is 0. The lowest BCUT2D eigenvalue weighted by Crippen LogP contribution is -2.25. The second-order valence-corrected chi connectivity index (χ2v) is 6.14. The lowest BCUT2D eigenvalue weighted by Gasteiger charge is -2.32. The van der Waals surface area contributed by atoms with Crippen molar-refractivity contribution in [1.29, 1.82) is 0 Å². The average Bonchev–Trinajstić information content (AvgIpc) is 2.31. The van der Waals surface area contributed by atoms with Gasteiger partial charge in [0, 0.05) is 18.9 Å². The van der Waals surface area contributed by atoms with Gasteiger partial charge in [0.15, 0.2) is 0 Å². The van der Waals surface area contributed by atoms with E-state index >= 15 is 0 Å². The highest BCUT2D eigenvalue weighted by Crippen LogP contribution is 2.34. The lowest BCUT2D eigenvalue weighted by molar-refractivity contribution is 0.186. The molecule has 0 fully saturated rings. The van der Waals surface area contributed by atoms with Crippen LogP contribution < -0.4 is 0 Å². The van der Waals surface area contributed by atoms with Crippen molar-refractivity contribution in [1.82, 2.24) is 9.55 Å². The molecule has 0 aliphatic carbocycles. The molecule has 0 spiro atoms. The van der Waals surface area contributed by atoms with Gasteiger partial charge >= 0.3 is 0 Å². The first-order valence-corrected chi connectivity index (χ1v) is 5.24. The topological polar surface area (TPSA) is 17.8 Å². The first-order chi connectivity index (χ1) is 6.29. The van der Waals surface area contributed by atoms with Crippen molar-refractivity contribution in [3.05, 3.63) is 18.7 Å². The molecule has 1 heterocycles. The minimum absolute atomic E-state index is 0.332. The van der Waals surface area contributed by atoms with Crippen molar-refractivity contribution in [2.45, 2.75) is 47.6 Å². The van der Waals surface area contributed by atoms with Gasteiger partial charge in [-0.1, -0.05) is 34.6 Å². The van der Waals surface area contributed by atoms with E-state index in [1.165, 1.54) is 6.42 Å². The summed E-state index contributed by atoms with van der Waals surface area (Å²) in [5, 5.41) is 0. The normalized spacial score (nSPS) is 13.2. The predicted octanol–water partition coefficient (Wildman–Crippen LogP) is 3.35. The van der Waals surface area contributed by atoms with Gasteiger partial charge in [-0.15, -0.1) is 0 Å². The fourth-order valence-corrected chi connectivity index (χ4v) is 2.37. The molecule has 0 radical (unpaired) electrons. The van der Waals surface area contributed by atoms with Crippen molar-refractivity contribution < 1.29 is 0 Å². The molecular weight excluding hydrogens is 172 g/mol. The number of aromatic nitrogens is 2. The molecule has 1 aromatic rings. The van der Waals surface area contributed by atoms with Crippen molar-refractivity contribution >= 4 is 0 Å². The Balaban J connectivity index is 2.58. The van der Waals surface area contributed by atoms with Crippen LogP contribution in [0.15, 0.2) is 18.7 Å². The zero-order valence-corrected chi connectivity index (χ0v) is 10.0. The molecule has 2 heteroatoms. The third kappa shape index (κ3) is 3.95. The van der Waals surface area contributed by atoms with Gasteiger partial charge in [-0.2, -0.15) is 0 Å². The van der Waals surface area contributed by atoms with E-state index in [1.807, 2.05) is 18.7 Å². The summed E-state index contributed by atoms with van der Waals surface area (Å²) in [5.74, 6) is 0. The van der Waals surface area contributed by atoms with E-state index in [0.29, 0.717) is 10.8 Å². The summed E-state index contributed by atoms with van der Waals surface area (Å²) in [6, 6.07) is 0. The molecule has 1 aromatic heterocycles. The molecule has 0 atom stereocenters. The number of imidazole rings is 1. The van der Waals surface area contributed by atoms with Gasteiger partial charge in [0.05, 0.1) is 6.33 Å². The van der Waals surface area contributed by atoms with E-state index < -0.39 is 0 Å². The van der Waals surface area contributed by atoms with Gasteiger partial charge in [-0.3, -0.25) is 0 Å². The Morgan fingerprint density at radius 3 is 2.21 bits per heavy atom. The quantitative estimate of drug-likeness (QED) is 0.721. The van der Waals surface area contributed by atoms with Crippen LogP contribution in [0.3, 0.4) is 0 Å². The maximum absolute atomic E-state index is 4.07. The monoisotopic (exact) mass is 194 g/mol. The Hall–Kier alpha value is -0.790. The van der Waals surface area contributed by atoms with Crippen molar-refractivity contribution in [2.24, 2.45) is 10.8 Å². The standard InChI is InChI=1S/C12H22N2/c1-11(2,3)8-12(4,5)9-14-7-6-13-10-14/h6-7,10H,8-9H2,1-5H3. The highest BCUT2D eigenvalue weighted by atomic mass is 15.0. The van der Waals surface area contributed by atoms with Crippen molar-refractivity contribution in [3.8, 4) is 0 Å². The highest BCUT2D eigenvalue weighted by molar-refractivity contribution is 4.81. The number of nitrogens with zero attached hydrogens (tertiary/aromatic N) is 2. The molecule has 0 saturated heterocycles. The van der Waals surface area contributed by atoms with Gasteiger partial charge in [-0.05, 0) is 17.3 Å². The van der Waals surface area contributed by atoms with Gasteiger partial charge in [0.25, 0.3) is 0 Å². The second kappa shape index (κ2) is 3.76. The summed E-state index contributed by atoms with van der Waals surface area (Å²) in [6.45, 7) is 12.6. The fourth-order valence-electron chi connectivity index (χ4n) is 2.37. The molecular formula is C12H22N2. The van der Waals surface area contributed by atoms with Crippen LogP contribution in [-0.2, 0) is 6.54 Å². The maximum Gasteiger partial charge on any atom is 0.0946 e. The first kappa shape index (κ1) is 11.3. The smallest absolute Gasteiger partial charge is 0.0946 e. The van der Waals surface area contributed by atoms with Crippen LogP contribution >= 0.6 is 0 Å². The molecule has 0 aliphatic heterocycles. The summed E-state index contributed by atoms with van der Waals surface area (Å²) in [7, 11) is 0. The summed E-state index contributed by atoms with van der Waals surface area (Å²) in [4.78, 5) is 4.07. The Kier molecular flexibility index (Phi) is 3.03. The molecule has 1 rings (SSSR count). The van der Waals surface area contributed by atoms with Crippen molar-refractivity contribution in [2.75, 3.05) is 0 Å². The first-order valence-electron chi connectivity index (χ1n) is 5.24. The summed E-state index contributed by atoms with van der Waals surface area (Å²) in [6.07, 6.45) is 6.99. The van der Waals surface area contributed by atoms with E-state index in [-0.39, 0.29) is 0 Å². The van der Waals surface area contributed by atoms with E-state index in [0.717, 1.165) is 6.54 Å². The average molecular weight is 194 g/mol. The van der Waals surface area contributed by atoms with Crippen LogP contribution in [0.1, 0.15) is 41.0 Å². The van der Waals surface area contributed by atoms with E-state index in [2.05, 4.69) is 44.2 Å². The SMILES string of the molecule is CC(C)(C)CC(C)(C)Cn1ccnc1. The maximum atomic E-state index is 4.07.